The summed E-state index contributed by atoms with van der Waals surface area (Å²) in [5.74, 6) is -1.11. The van der Waals surface area contributed by atoms with Gasteiger partial charge in [0, 0.05) is 11.7 Å². The van der Waals surface area contributed by atoms with E-state index in [0.29, 0.717) is 11.4 Å². The van der Waals surface area contributed by atoms with Crippen LogP contribution in [0.4, 0.5) is 5.69 Å². The van der Waals surface area contributed by atoms with E-state index in [4.69, 9.17) is 10.8 Å². The van der Waals surface area contributed by atoms with Crippen molar-refractivity contribution in [2.45, 2.75) is 32.7 Å². The van der Waals surface area contributed by atoms with Gasteiger partial charge >= 0.3 is 5.97 Å². The first-order chi connectivity index (χ1) is 8.88. The molecule has 0 aliphatic carbocycles. The van der Waals surface area contributed by atoms with E-state index in [9.17, 15) is 9.59 Å². The van der Waals surface area contributed by atoms with E-state index >= 15 is 0 Å². The molecule has 1 rings (SSSR count). The maximum atomic E-state index is 11.8. The van der Waals surface area contributed by atoms with Crippen molar-refractivity contribution in [2.75, 3.05) is 5.73 Å². The zero-order chi connectivity index (χ0) is 14.4. The van der Waals surface area contributed by atoms with Crippen LogP contribution in [0, 0.1) is 5.92 Å². The highest BCUT2D eigenvalue weighted by atomic mass is 16.4. The Morgan fingerprint density at radius 2 is 2.11 bits per heavy atom. The largest absolute Gasteiger partial charge is 0.481 e. The van der Waals surface area contributed by atoms with Crippen molar-refractivity contribution in [2.24, 2.45) is 5.92 Å². The number of anilines is 1. The lowest BCUT2D eigenvalue weighted by atomic mass is 10.0. The molecule has 0 bridgehead atoms. The van der Waals surface area contributed by atoms with Gasteiger partial charge in [-0.1, -0.05) is 13.8 Å². The molecule has 1 unspecified atom stereocenters. The summed E-state index contributed by atoms with van der Waals surface area (Å²) in [5.41, 5.74) is 6.64. The quantitative estimate of drug-likeness (QED) is 0.706. The highest BCUT2D eigenvalue weighted by Gasteiger charge is 2.19. The molecule has 0 radical (unpaired) electrons. The van der Waals surface area contributed by atoms with Crippen LogP contribution in [0.25, 0.3) is 0 Å². The van der Waals surface area contributed by atoms with E-state index in [1.807, 2.05) is 13.8 Å². The van der Waals surface area contributed by atoms with Gasteiger partial charge in [-0.05, 0) is 18.1 Å². The number of pyridine rings is 1. The molecule has 1 atom stereocenters. The average Bonchev–Trinajstić information content (AvgIpc) is 2.30. The Kier molecular flexibility index (Phi) is 5.29. The third-order valence-corrected chi connectivity index (χ3v) is 2.73. The fourth-order valence-electron chi connectivity index (χ4n) is 1.60. The Bertz CT molecular complexity index is 443. The molecule has 0 aromatic carbocycles. The lowest BCUT2D eigenvalue weighted by Crippen LogP contribution is -2.40. The maximum absolute atomic E-state index is 11.8. The maximum Gasteiger partial charge on any atom is 0.305 e. The molecule has 1 aromatic heterocycles. The standard InChI is InChI=1S/C13H19N3O3/c1-8(2)11(6-13(18)19)16-12(17)5-10-4-3-9(14)7-15-10/h3-4,7-8,11H,5-6,14H2,1-2H3,(H,16,17)(H,18,19). The van der Waals surface area contributed by atoms with Gasteiger partial charge in [-0.3, -0.25) is 14.6 Å². The van der Waals surface area contributed by atoms with Gasteiger partial charge in [0.05, 0.1) is 24.7 Å². The molecule has 0 saturated heterocycles. The van der Waals surface area contributed by atoms with Gasteiger partial charge in [0.15, 0.2) is 0 Å². The van der Waals surface area contributed by atoms with E-state index in [1.165, 1.54) is 6.20 Å². The molecule has 1 amide bonds. The van der Waals surface area contributed by atoms with E-state index in [0.717, 1.165) is 0 Å². The van der Waals surface area contributed by atoms with E-state index in [1.54, 1.807) is 12.1 Å². The van der Waals surface area contributed by atoms with Crippen molar-refractivity contribution in [1.82, 2.24) is 10.3 Å². The van der Waals surface area contributed by atoms with Crippen molar-refractivity contribution >= 4 is 17.6 Å². The molecule has 0 saturated carbocycles. The average molecular weight is 265 g/mol. The van der Waals surface area contributed by atoms with Crippen LogP contribution in [-0.2, 0) is 16.0 Å². The number of carboxylic acid groups (broad SMARTS) is 1. The van der Waals surface area contributed by atoms with Crippen LogP contribution < -0.4 is 11.1 Å². The number of hydrogen-bond acceptors (Lipinski definition) is 4. The monoisotopic (exact) mass is 265 g/mol. The van der Waals surface area contributed by atoms with Crippen LogP contribution in [-0.4, -0.2) is 28.0 Å². The minimum Gasteiger partial charge on any atom is -0.481 e. The zero-order valence-corrected chi connectivity index (χ0v) is 11.1. The zero-order valence-electron chi connectivity index (χ0n) is 11.1. The predicted molar refractivity (Wildman–Crippen MR) is 71.4 cm³/mol. The van der Waals surface area contributed by atoms with Crippen LogP contribution in [0.2, 0.25) is 0 Å². The molecule has 0 fully saturated rings. The van der Waals surface area contributed by atoms with E-state index in [2.05, 4.69) is 10.3 Å². The summed E-state index contributed by atoms with van der Waals surface area (Å²) < 4.78 is 0. The first kappa shape index (κ1) is 14.9. The number of carboxylic acids is 1. The molecule has 6 heteroatoms. The Labute approximate surface area is 112 Å². The number of amides is 1. The fraction of sp³-hybridized carbons (Fsp3) is 0.462. The Balaban J connectivity index is 2.57. The van der Waals surface area contributed by atoms with Crippen LogP contribution in [0.15, 0.2) is 18.3 Å². The Morgan fingerprint density at radius 3 is 2.58 bits per heavy atom. The normalized spacial score (nSPS) is 12.2. The summed E-state index contributed by atoms with van der Waals surface area (Å²) >= 11 is 0. The first-order valence-electron chi connectivity index (χ1n) is 6.10. The number of carbonyl (C=O) groups is 2. The first-order valence-corrected chi connectivity index (χ1v) is 6.10. The molecule has 0 spiro atoms. The SMILES string of the molecule is CC(C)C(CC(=O)O)NC(=O)Cc1ccc(N)cn1. The second-order valence-electron chi connectivity index (χ2n) is 4.78. The number of carbonyl (C=O) groups excluding carboxylic acids is 1. The molecular formula is C13H19N3O3. The third-order valence-electron chi connectivity index (χ3n) is 2.73. The summed E-state index contributed by atoms with van der Waals surface area (Å²) in [4.78, 5) is 26.6. The highest BCUT2D eigenvalue weighted by Crippen LogP contribution is 2.07. The minimum absolute atomic E-state index is 0.0550. The molecule has 4 N–H and O–H groups in total. The van der Waals surface area contributed by atoms with Crippen LogP contribution in [0.5, 0.6) is 0 Å². The number of rotatable bonds is 6. The Morgan fingerprint density at radius 1 is 1.42 bits per heavy atom. The van der Waals surface area contributed by atoms with Crippen molar-refractivity contribution in [3.8, 4) is 0 Å². The minimum atomic E-state index is -0.926. The molecular weight excluding hydrogens is 246 g/mol. The predicted octanol–water partition coefficient (Wildman–Crippen LogP) is 0.822. The van der Waals surface area contributed by atoms with Gasteiger partial charge in [0.2, 0.25) is 5.91 Å². The van der Waals surface area contributed by atoms with Crippen molar-refractivity contribution in [1.29, 1.82) is 0 Å². The molecule has 0 aliphatic heterocycles. The van der Waals surface area contributed by atoms with Gasteiger partial charge in [0.25, 0.3) is 0 Å². The molecule has 0 aliphatic rings. The van der Waals surface area contributed by atoms with Gasteiger partial charge in [-0.15, -0.1) is 0 Å². The van der Waals surface area contributed by atoms with Crippen LogP contribution in [0.1, 0.15) is 26.0 Å². The van der Waals surface area contributed by atoms with Crippen molar-refractivity contribution in [3.63, 3.8) is 0 Å². The molecule has 6 nitrogen and oxygen atoms in total. The molecule has 1 aromatic rings. The number of aromatic nitrogens is 1. The lowest BCUT2D eigenvalue weighted by Gasteiger charge is -2.20. The van der Waals surface area contributed by atoms with Crippen LogP contribution in [0.3, 0.4) is 0 Å². The number of nitrogens with one attached hydrogen (secondary N) is 1. The number of nitrogens with two attached hydrogens (primary N) is 1. The van der Waals surface area contributed by atoms with Gasteiger partial charge in [-0.25, -0.2) is 0 Å². The van der Waals surface area contributed by atoms with Crippen molar-refractivity contribution in [3.05, 3.63) is 24.0 Å². The summed E-state index contributed by atoms with van der Waals surface area (Å²) in [5, 5.41) is 11.5. The van der Waals surface area contributed by atoms with E-state index in [-0.39, 0.29) is 30.7 Å². The lowest BCUT2D eigenvalue weighted by molar-refractivity contribution is -0.138. The van der Waals surface area contributed by atoms with Gasteiger partial charge in [0.1, 0.15) is 0 Å². The van der Waals surface area contributed by atoms with Gasteiger partial charge < -0.3 is 16.2 Å². The van der Waals surface area contributed by atoms with Crippen LogP contribution >= 0.6 is 0 Å². The molecule has 19 heavy (non-hydrogen) atoms. The Hall–Kier alpha value is -2.11. The van der Waals surface area contributed by atoms with Gasteiger partial charge in [-0.2, -0.15) is 0 Å². The second-order valence-corrected chi connectivity index (χ2v) is 4.78. The van der Waals surface area contributed by atoms with Crippen molar-refractivity contribution < 1.29 is 14.7 Å². The summed E-state index contributed by atoms with van der Waals surface area (Å²) in [6, 6.07) is 2.97. The summed E-state index contributed by atoms with van der Waals surface area (Å²) in [7, 11) is 0. The number of nitrogen functional groups attached to an aromatic ring is 1. The number of hydrogen-bond donors (Lipinski definition) is 3. The smallest absolute Gasteiger partial charge is 0.305 e. The molecule has 1 heterocycles. The van der Waals surface area contributed by atoms with E-state index < -0.39 is 5.97 Å². The second kappa shape index (κ2) is 6.72. The highest BCUT2D eigenvalue weighted by molar-refractivity contribution is 5.79. The summed E-state index contributed by atoms with van der Waals surface area (Å²) in [6.45, 7) is 3.74. The topological polar surface area (TPSA) is 105 Å². The fourth-order valence-corrected chi connectivity index (χ4v) is 1.60. The third kappa shape index (κ3) is 5.37. The number of nitrogens with zero attached hydrogens (tertiary/aromatic N) is 1. The number of aliphatic carboxylic acids is 1. The summed E-state index contributed by atoms with van der Waals surface area (Å²) in [6.07, 6.45) is 1.52. The molecule has 104 valence electrons.